The molecule has 7 heteroatoms. The van der Waals surface area contributed by atoms with Gasteiger partial charge in [-0.1, -0.05) is 37.3 Å². The van der Waals surface area contributed by atoms with E-state index >= 15 is 0 Å². The van der Waals surface area contributed by atoms with Crippen molar-refractivity contribution < 1.29 is 8.42 Å². The maximum Gasteiger partial charge on any atom is 0.215 e. The summed E-state index contributed by atoms with van der Waals surface area (Å²) in [7, 11) is -1.40. The molecule has 5 nitrogen and oxygen atoms in total. The molecule has 1 aromatic rings. The van der Waals surface area contributed by atoms with Crippen LogP contribution in [0.3, 0.4) is 0 Å². The van der Waals surface area contributed by atoms with E-state index in [1.165, 1.54) is 0 Å². The van der Waals surface area contributed by atoms with Crippen molar-refractivity contribution in [3.63, 3.8) is 0 Å². The first kappa shape index (κ1) is 17.0. The number of hydrogen-bond donors (Lipinski definition) is 2. The van der Waals surface area contributed by atoms with Crippen LogP contribution in [0.4, 0.5) is 0 Å². The molecule has 0 aliphatic rings. The molecule has 0 bridgehead atoms. The number of nitrogens with one attached hydrogen (secondary N) is 1. The Labute approximate surface area is 126 Å². The molecule has 0 amide bonds. The quantitative estimate of drug-likeness (QED) is 0.691. The highest BCUT2D eigenvalue weighted by molar-refractivity contribution is 7.88. The summed E-state index contributed by atoms with van der Waals surface area (Å²) in [6, 6.07) is 6.98. The lowest BCUT2D eigenvalue weighted by molar-refractivity contribution is 0.358. The van der Waals surface area contributed by atoms with Crippen LogP contribution in [-0.2, 0) is 15.8 Å². The molecule has 20 heavy (non-hydrogen) atoms. The molecular formula is C13H21N3O2S2. The third-order valence-electron chi connectivity index (χ3n) is 2.92. The van der Waals surface area contributed by atoms with Gasteiger partial charge in [0.2, 0.25) is 10.0 Å². The summed E-state index contributed by atoms with van der Waals surface area (Å²) in [5.41, 5.74) is 6.89. The third-order valence-corrected chi connectivity index (χ3v) is 4.52. The maximum atomic E-state index is 12.0. The zero-order valence-corrected chi connectivity index (χ0v) is 13.4. The van der Waals surface area contributed by atoms with Gasteiger partial charge in [-0.15, -0.1) is 0 Å². The minimum Gasteiger partial charge on any atom is -0.389 e. The van der Waals surface area contributed by atoms with Crippen molar-refractivity contribution in [1.82, 2.24) is 9.62 Å². The van der Waals surface area contributed by atoms with Gasteiger partial charge >= 0.3 is 0 Å². The lowest BCUT2D eigenvalue weighted by Crippen LogP contribution is -2.33. The van der Waals surface area contributed by atoms with Crippen LogP contribution >= 0.6 is 12.2 Å². The molecule has 0 spiro atoms. The SMILES string of the molecule is CCN(C)CCNS(=O)(=O)Cc1cccc(C(N)=S)c1. The van der Waals surface area contributed by atoms with Gasteiger partial charge in [0.05, 0.1) is 5.75 Å². The number of thiocarbonyl (C=S) groups is 1. The van der Waals surface area contributed by atoms with Gasteiger partial charge in [-0.2, -0.15) is 0 Å². The average Bonchev–Trinajstić information content (AvgIpc) is 2.37. The van der Waals surface area contributed by atoms with Crippen LogP contribution in [0.25, 0.3) is 0 Å². The first-order valence-corrected chi connectivity index (χ1v) is 8.44. The van der Waals surface area contributed by atoms with E-state index in [9.17, 15) is 8.42 Å². The van der Waals surface area contributed by atoms with Gasteiger partial charge in [-0.3, -0.25) is 0 Å². The van der Waals surface area contributed by atoms with Crippen LogP contribution < -0.4 is 10.5 Å². The van der Waals surface area contributed by atoms with Gasteiger partial charge in [-0.25, -0.2) is 13.1 Å². The van der Waals surface area contributed by atoms with Crippen molar-refractivity contribution in [3.05, 3.63) is 35.4 Å². The largest absolute Gasteiger partial charge is 0.389 e. The second-order valence-electron chi connectivity index (χ2n) is 4.61. The number of benzene rings is 1. The van der Waals surface area contributed by atoms with Gasteiger partial charge in [-0.05, 0) is 25.2 Å². The lowest BCUT2D eigenvalue weighted by Gasteiger charge is -2.14. The molecule has 0 aliphatic heterocycles. The topological polar surface area (TPSA) is 75.4 Å². The zero-order valence-electron chi connectivity index (χ0n) is 11.8. The highest BCUT2D eigenvalue weighted by Crippen LogP contribution is 2.08. The predicted octanol–water partition coefficient (Wildman–Crippen LogP) is 0.692. The van der Waals surface area contributed by atoms with Crippen LogP contribution in [0.1, 0.15) is 18.1 Å². The van der Waals surface area contributed by atoms with Crippen molar-refractivity contribution in [3.8, 4) is 0 Å². The predicted molar refractivity (Wildman–Crippen MR) is 86.1 cm³/mol. The molecule has 0 aromatic heterocycles. The van der Waals surface area contributed by atoms with Gasteiger partial charge in [0.15, 0.2) is 0 Å². The molecule has 0 saturated carbocycles. The standard InChI is InChI=1S/C13H21N3O2S2/c1-3-16(2)8-7-15-20(17,18)10-11-5-4-6-12(9-11)13(14)19/h4-6,9,15H,3,7-8,10H2,1-2H3,(H2,14,19). The van der Waals surface area contributed by atoms with E-state index in [0.717, 1.165) is 6.54 Å². The van der Waals surface area contributed by atoms with E-state index in [1.54, 1.807) is 24.3 Å². The minimum atomic E-state index is -3.34. The number of rotatable bonds is 8. The number of hydrogen-bond acceptors (Lipinski definition) is 4. The highest BCUT2D eigenvalue weighted by atomic mass is 32.2. The van der Waals surface area contributed by atoms with Gasteiger partial charge < -0.3 is 10.6 Å². The number of likely N-dealkylation sites (N-methyl/N-ethyl adjacent to an activating group) is 1. The molecular weight excluding hydrogens is 294 g/mol. The Morgan fingerprint density at radius 1 is 1.45 bits per heavy atom. The Bertz CT molecular complexity index is 558. The van der Waals surface area contributed by atoms with Crippen molar-refractivity contribution in [2.75, 3.05) is 26.7 Å². The molecule has 0 fully saturated rings. The fourth-order valence-corrected chi connectivity index (χ4v) is 2.88. The van der Waals surface area contributed by atoms with E-state index in [-0.39, 0.29) is 10.7 Å². The molecule has 0 unspecified atom stereocenters. The van der Waals surface area contributed by atoms with Crippen LogP contribution in [-0.4, -0.2) is 45.0 Å². The smallest absolute Gasteiger partial charge is 0.215 e. The molecule has 0 saturated heterocycles. The van der Waals surface area contributed by atoms with E-state index in [4.69, 9.17) is 18.0 Å². The van der Waals surface area contributed by atoms with Crippen molar-refractivity contribution in [2.45, 2.75) is 12.7 Å². The number of nitrogens with two attached hydrogens (primary N) is 1. The molecule has 112 valence electrons. The van der Waals surface area contributed by atoms with Crippen molar-refractivity contribution >= 4 is 27.2 Å². The monoisotopic (exact) mass is 315 g/mol. The Hall–Kier alpha value is -1.02. The van der Waals surface area contributed by atoms with E-state index < -0.39 is 10.0 Å². The van der Waals surface area contributed by atoms with Gasteiger partial charge in [0.25, 0.3) is 0 Å². The van der Waals surface area contributed by atoms with Gasteiger partial charge in [0.1, 0.15) is 4.99 Å². The van der Waals surface area contributed by atoms with Crippen molar-refractivity contribution in [1.29, 1.82) is 0 Å². The Kier molecular flexibility index (Phi) is 6.54. The van der Waals surface area contributed by atoms with Crippen LogP contribution in [0.15, 0.2) is 24.3 Å². The summed E-state index contributed by atoms with van der Waals surface area (Å²) in [6.45, 7) is 4.00. The molecule has 0 heterocycles. The van der Waals surface area contributed by atoms with E-state index in [2.05, 4.69) is 4.72 Å². The molecule has 0 radical (unpaired) electrons. The Balaban J connectivity index is 2.62. The normalized spacial score (nSPS) is 11.8. The van der Waals surface area contributed by atoms with Crippen LogP contribution in [0.5, 0.6) is 0 Å². The lowest BCUT2D eigenvalue weighted by atomic mass is 10.1. The van der Waals surface area contributed by atoms with E-state index in [1.807, 2.05) is 18.9 Å². The van der Waals surface area contributed by atoms with Gasteiger partial charge in [0, 0.05) is 18.7 Å². The van der Waals surface area contributed by atoms with Crippen LogP contribution in [0, 0.1) is 0 Å². The number of nitrogens with zero attached hydrogens (tertiary/aromatic N) is 1. The fourth-order valence-electron chi connectivity index (χ4n) is 1.63. The summed E-state index contributed by atoms with van der Waals surface area (Å²) < 4.78 is 26.5. The number of sulfonamides is 1. The summed E-state index contributed by atoms with van der Waals surface area (Å²) in [5.74, 6) is -0.0701. The second kappa shape index (κ2) is 7.68. The minimum absolute atomic E-state index is 0.0701. The van der Waals surface area contributed by atoms with E-state index in [0.29, 0.717) is 24.2 Å². The summed E-state index contributed by atoms with van der Waals surface area (Å²) in [5, 5.41) is 0. The second-order valence-corrected chi connectivity index (χ2v) is 6.86. The Morgan fingerprint density at radius 2 is 2.15 bits per heavy atom. The molecule has 1 rings (SSSR count). The molecule has 1 aromatic carbocycles. The molecule has 0 aliphatic carbocycles. The molecule has 3 N–H and O–H groups in total. The Morgan fingerprint density at radius 3 is 2.75 bits per heavy atom. The van der Waals surface area contributed by atoms with Crippen LogP contribution in [0.2, 0.25) is 0 Å². The zero-order chi connectivity index (χ0) is 15.2. The fraction of sp³-hybridized carbons (Fsp3) is 0.462. The summed E-state index contributed by atoms with van der Waals surface area (Å²) in [6.07, 6.45) is 0. The van der Waals surface area contributed by atoms with Crippen molar-refractivity contribution in [2.24, 2.45) is 5.73 Å². The maximum absolute atomic E-state index is 12.0. The first-order valence-electron chi connectivity index (χ1n) is 6.38. The molecule has 0 atom stereocenters. The third kappa shape index (κ3) is 5.96. The average molecular weight is 315 g/mol. The summed E-state index contributed by atoms with van der Waals surface area (Å²) >= 11 is 4.88. The first-order chi connectivity index (χ1) is 9.34. The summed E-state index contributed by atoms with van der Waals surface area (Å²) in [4.78, 5) is 2.30. The highest BCUT2D eigenvalue weighted by Gasteiger charge is 2.12.